The number of hydrogen-bond donors (Lipinski definition) is 1. The Kier molecular flexibility index (Phi) is 4.56. The topological polar surface area (TPSA) is 46.9 Å². The molecule has 0 spiro atoms. The molecule has 18 heavy (non-hydrogen) atoms. The maximum absolute atomic E-state index is 11.6. The van der Waals surface area contributed by atoms with Gasteiger partial charge in [0.05, 0.1) is 6.20 Å². The van der Waals surface area contributed by atoms with Crippen LogP contribution in [0.5, 0.6) is 0 Å². The van der Waals surface area contributed by atoms with Crippen molar-refractivity contribution in [3.63, 3.8) is 0 Å². The summed E-state index contributed by atoms with van der Waals surface area (Å²) in [5.74, 6) is 0.666. The van der Waals surface area contributed by atoms with Crippen LogP contribution in [-0.2, 0) is 11.8 Å². The van der Waals surface area contributed by atoms with E-state index in [1.54, 1.807) is 23.0 Å². The summed E-state index contributed by atoms with van der Waals surface area (Å²) in [6.07, 6.45) is 13.5. The van der Waals surface area contributed by atoms with Crippen LogP contribution in [0.4, 0.5) is 0 Å². The summed E-state index contributed by atoms with van der Waals surface area (Å²) in [6, 6.07) is 0. The highest BCUT2D eigenvalue weighted by Crippen LogP contribution is 2.22. The van der Waals surface area contributed by atoms with Crippen LogP contribution >= 0.6 is 0 Å². The number of carbonyl (C=O) groups excluding carboxylic acids is 1. The van der Waals surface area contributed by atoms with Crippen molar-refractivity contribution in [2.75, 3.05) is 6.54 Å². The van der Waals surface area contributed by atoms with Gasteiger partial charge in [-0.1, -0.05) is 19.3 Å². The zero-order chi connectivity index (χ0) is 12.8. The van der Waals surface area contributed by atoms with Crippen molar-refractivity contribution in [1.29, 1.82) is 0 Å². The first kappa shape index (κ1) is 12.9. The Morgan fingerprint density at radius 2 is 2.28 bits per heavy atom. The van der Waals surface area contributed by atoms with E-state index in [0.29, 0.717) is 5.92 Å². The molecule has 1 saturated carbocycles. The molecule has 1 aromatic rings. The zero-order valence-electron chi connectivity index (χ0n) is 10.9. The quantitative estimate of drug-likeness (QED) is 0.828. The van der Waals surface area contributed by atoms with Gasteiger partial charge in [0.2, 0.25) is 5.91 Å². The number of nitrogens with zero attached hydrogens (tertiary/aromatic N) is 2. The molecule has 0 aromatic carbocycles. The van der Waals surface area contributed by atoms with E-state index in [9.17, 15) is 4.79 Å². The Balaban J connectivity index is 1.73. The fourth-order valence-electron chi connectivity index (χ4n) is 2.39. The third-order valence-electron chi connectivity index (χ3n) is 3.44. The van der Waals surface area contributed by atoms with Crippen LogP contribution in [0.1, 0.15) is 37.7 Å². The molecule has 0 saturated heterocycles. The van der Waals surface area contributed by atoms with Gasteiger partial charge in [0.1, 0.15) is 0 Å². The Bertz CT molecular complexity index is 416. The van der Waals surface area contributed by atoms with Gasteiger partial charge in [-0.2, -0.15) is 5.10 Å². The Labute approximate surface area is 108 Å². The number of amides is 1. The van der Waals surface area contributed by atoms with E-state index in [0.717, 1.165) is 12.1 Å². The summed E-state index contributed by atoms with van der Waals surface area (Å²) < 4.78 is 1.72. The minimum atomic E-state index is -0.00979. The molecule has 1 amide bonds. The summed E-state index contributed by atoms with van der Waals surface area (Å²) in [4.78, 5) is 11.6. The average Bonchev–Trinajstić information content (AvgIpc) is 2.81. The van der Waals surface area contributed by atoms with Crippen LogP contribution in [0.3, 0.4) is 0 Å². The van der Waals surface area contributed by atoms with Gasteiger partial charge >= 0.3 is 0 Å². The molecule has 0 bridgehead atoms. The second-order valence-corrected chi connectivity index (χ2v) is 5.03. The normalized spacial score (nSPS) is 17.2. The van der Waals surface area contributed by atoms with Gasteiger partial charge in [-0.3, -0.25) is 9.48 Å². The second-order valence-electron chi connectivity index (χ2n) is 5.03. The van der Waals surface area contributed by atoms with Crippen molar-refractivity contribution in [3.8, 4) is 0 Å². The highest BCUT2D eigenvalue weighted by molar-refractivity contribution is 5.91. The van der Waals surface area contributed by atoms with Crippen molar-refractivity contribution in [2.45, 2.75) is 32.1 Å². The third kappa shape index (κ3) is 4.02. The molecule has 4 nitrogen and oxygen atoms in total. The van der Waals surface area contributed by atoms with Crippen LogP contribution in [0, 0.1) is 5.92 Å². The van der Waals surface area contributed by atoms with Crippen molar-refractivity contribution in [3.05, 3.63) is 24.0 Å². The fraction of sp³-hybridized carbons (Fsp3) is 0.571. The highest BCUT2D eigenvalue weighted by Gasteiger charge is 2.13. The lowest BCUT2D eigenvalue weighted by molar-refractivity contribution is -0.116. The minimum absolute atomic E-state index is 0.00979. The molecule has 1 N–H and O–H groups in total. The summed E-state index contributed by atoms with van der Waals surface area (Å²) >= 11 is 0. The Hall–Kier alpha value is -1.58. The van der Waals surface area contributed by atoms with E-state index in [4.69, 9.17) is 0 Å². The van der Waals surface area contributed by atoms with E-state index < -0.39 is 0 Å². The van der Waals surface area contributed by atoms with Gasteiger partial charge in [-0.05, 0) is 24.8 Å². The predicted octanol–water partition coefficient (Wildman–Crippen LogP) is 2.13. The molecule has 4 heteroatoms. The van der Waals surface area contributed by atoms with Crippen molar-refractivity contribution >= 4 is 12.0 Å². The smallest absolute Gasteiger partial charge is 0.244 e. The number of rotatable bonds is 4. The van der Waals surface area contributed by atoms with E-state index in [-0.39, 0.29) is 5.91 Å². The molecule has 0 unspecified atom stereocenters. The fourth-order valence-corrected chi connectivity index (χ4v) is 2.39. The number of carbonyl (C=O) groups is 1. The zero-order valence-corrected chi connectivity index (χ0v) is 10.9. The summed E-state index contributed by atoms with van der Waals surface area (Å²) in [5.41, 5.74) is 0.949. The standard InChI is InChI=1S/C14H21N3O/c1-17-11-13(10-16-17)7-8-14(18)15-9-12-5-3-2-4-6-12/h7-8,10-12H,2-6,9H2,1H3,(H,15,18)/b8-7+. The molecule has 0 atom stereocenters. The van der Waals surface area contributed by atoms with E-state index in [1.807, 2.05) is 13.2 Å². The van der Waals surface area contributed by atoms with Crippen molar-refractivity contribution in [2.24, 2.45) is 13.0 Å². The Morgan fingerprint density at radius 3 is 2.94 bits per heavy atom. The summed E-state index contributed by atoms with van der Waals surface area (Å²) in [5, 5.41) is 7.02. The molecular weight excluding hydrogens is 226 g/mol. The minimum Gasteiger partial charge on any atom is -0.352 e. The van der Waals surface area contributed by atoms with Crippen LogP contribution in [0.2, 0.25) is 0 Å². The molecule has 1 fully saturated rings. The molecule has 2 rings (SSSR count). The van der Waals surface area contributed by atoms with Gasteiger partial charge in [-0.25, -0.2) is 0 Å². The van der Waals surface area contributed by atoms with Gasteiger partial charge in [0.25, 0.3) is 0 Å². The summed E-state index contributed by atoms with van der Waals surface area (Å²) in [6.45, 7) is 0.816. The second kappa shape index (κ2) is 6.38. The molecule has 1 aromatic heterocycles. The Morgan fingerprint density at radius 1 is 1.50 bits per heavy atom. The number of nitrogens with one attached hydrogen (secondary N) is 1. The molecule has 0 radical (unpaired) electrons. The first-order valence-corrected chi connectivity index (χ1v) is 6.68. The maximum Gasteiger partial charge on any atom is 0.244 e. The molecule has 1 aliphatic carbocycles. The number of hydrogen-bond acceptors (Lipinski definition) is 2. The number of aryl methyl sites for hydroxylation is 1. The first-order chi connectivity index (χ1) is 8.74. The van der Waals surface area contributed by atoms with E-state index >= 15 is 0 Å². The molecule has 98 valence electrons. The predicted molar refractivity (Wildman–Crippen MR) is 71.8 cm³/mol. The summed E-state index contributed by atoms with van der Waals surface area (Å²) in [7, 11) is 1.86. The van der Waals surface area contributed by atoms with Crippen LogP contribution in [0.15, 0.2) is 18.5 Å². The van der Waals surface area contributed by atoms with Gasteiger partial charge in [-0.15, -0.1) is 0 Å². The van der Waals surface area contributed by atoms with Crippen LogP contribution < -0.4 is 5.32 Å². The van der Waals surface area contributed by atoms with Gasteiger partial charge < -0.3 is 5.32 Å². The maximum atomic E-state index is 11.6. The monoisotopic (exact) mass is 247 g/mol. The highest BCUT2D eigenvalue weighted by atomic mass is 16.1. The molecule has 1 heterocycles. The van der Waals surface area contributed by atoms with E-state index in [1.165, 1.54) is 32.1 Å². The average molecular weight is 247 g/mol. The van der Waals surface area contributed by atoms with Crippen molar-refractivity contribution in [1.82, 2.24) is 15.1 Å². The van der Waals surface area contributed by atoms with Gasteiger partial charge in [0, 0.05) is 31.4 Å². The lowest BCUT2D eigenvalue weighted by Crippen LogP contribution is -2.28. The number of aromatic nitrogens is 2. The molecule has 0 aliphatic heterocycles. The lowest BCUT2D eigenvalue weighted by atomic mass is 9.89. The van der Waals surface area contributed by atoms with Crippen LogP contribution in [0.25, 0.3) is 6.08 Å². The van der Waals surface area contributed by atoms with Crippen LogP contribution in [-0.4, -0.2) is 22.2 Å². The first-order valence-electron chi connectivity index (χ1n) is 6.68. The lowest BCUT2D eigenvalue weighted by Gasteiger charge is -2.21. The van der Waals surface area contributed by atoms with Gasteiger partial charge in [0.15, 0.2) is 0 Å². The molecule has 1 aliphatic rings. The molecular formula is C14H21N3O. The van der Waals surface area contributed by atoms with Crippen molar-refractivity contribution < 1.29 is 4.79 Å². The van der Waals surface area contributed by atoms with E-state index in [2.05, 4.69) is 10.4 Å². The SMILES string of the molecule is Cn1cc(/C=C/C(=O)NCC2CCCCC2)cn1. The third-order valence-corrected chi connectivity index (χ3v) is 3.44. The largest absolute Gasteiger partial charge is 0.352 e.